The molecule has 0 atom stereocenters. The highest BCUT2D eigenvalue weighted by molar-refractivity contribution is 6.31. The second-order valence-corrected chi connectivity index (χ2v) is 4.92. The van der Waals surface area contributed by atoms with Crippen LogP contribution in [0.2, 0.25) is 5.02 Å². The third-order valence-electron chi connectivity index (χ3n) is 3.34. The van der Waals surface area contributed by atoms with Gasteiger partial charge in [-0.05, 0) is 32.3 Å². The third-order valence-corrected chi connectivity index (χ3v) is 3.89. The van der Waals surface area contributed by atoms with Crippen LogP contribution in [-0.2, 0) is 12.8 Å². The number of halogens is 1. The molecule has 0 bridgehead atoms. The van der Waals surface area contributed by atoms with Crippen molar-refractivity contribution in [2.75, 3.05) is 0 Å². The summed E-state index contributed by atoms with van der Waals surface area (Å²) in [6, 6.07) is 2.24. The third kappa shape index (κ3) is 2.16. The molecule has 6 heteroatoms. The molecular weight excluding hydrogens is 274 g/mol. The van der Waals surface area contributed by atoms with Crippen LogP contribution in [0.3, 0.4) is 0 Å². The van der Waals surface area contributed by atoms with Crippen LogP contribution in [0.15, 0.2) is 0 Å². The highest BCUT2D eigenvalue weighted by Gasteiger charge is 2.19. The van der Waals surface area contributed by atoms with E-state index in [0.29, 0.717) is 22.1 Å². The van der Waals surface area contributed by atoms with E-state index in [-0.39, 0.29) is 0 Å². The number of hydrogen-bond acceptors (Lipinski definition) is 4. The average molecular weight is 290 g/mol. The molecule has 20 heavy (non-hydrogen) atoms. The fraction of sp³-hybridized carbons (Fsp3) is 0.429. The fourth-order valence-electron chi connectivity index (χ4n) is 2.26. The fourth-order valence-corrected chi connectivity index (χ4v) is 2.38. The first kappa shape index (κ1) is 14.5. The number of aromatic nitrogens is 4. The lowest BCUT2D eigenvalue weighted by Crippen LogP contribution is -2.11. The number of aryl methyl sites for hydroxylation is 2. The maximum Gasteiger partial charge on any atom is 0.194 e. The molecule has 0 N–H and O–H groups in total. The average Bonchev–Trinajstić information content (AvgIpc) is 2.72. The Kier molecular flexibility index (Phi) is 4.05. The minimum atomic E-state index is 0.453. The molecule has 0 fully saturated rings. The molecule has 0 spiro atoms. The van der Waals surface area contributed by atoms with Crippen LogP contribution in [0, 0.1) is 25.2 Å². The monoisotopic (exact) mass is 289 g/mol. The molecule has 0 amide bonds. The molecule has 0 saturated heterocycles. The summed E-state index contributed by atoms with van der Waals surface area (Å²) in [7, 11) is 0. The van der Waals surface area contributed by atoms with Gasteiger partial charge in [0.2, 0.25) is 0 Å². The molecule has 5 nitrogen and oxygen atoms in total. The quantitative estimate of drug-likeness (QED) is 0.871. The van der Waals surface area contributed by atoms with Crippen molar-refractivity contribution in [1.82, 2.24) is 20.0 Å². The van der Waals surface area contributed by atoms with Gasteiger partial charge >= 0.3 is 0 Å². The van der Waals surface area contributed by atoms with Gasteiger partial charge < -0.3 is 0 Å². The van der Waals surface area contributed by atoms with Crippen LogP contribution < -0.4 is 0 Å². The molecule has 0 aliphatic carbocycles. The summed E-state index contributed by atoms with van der Waals surface area (Å²) in [4.78, 5) is 0. The van der Waals surface area contributed by atoms with E-state index in [1.54, 1.807) is 4.68 Å². The van der Waals surface area contributed by atoms with Gasteiger partial charge in [-0.25, -0.2) is 4.68 Å². The second-order valence-electron chi connectivity index (χ2n) is 4.54. The minimum absolute atomic E-state index is 0.453. The first-order valence-corrected chi connectivity index (χ1v) is 6.93. The Morgan fingerprint density at radius 1 is 1.20 bits per heavy atom. The Morgan fingerprint density at radius 3 is 2.35 bits per heavy atom. The number of hydrogen-bond donors (Lipinski definition) is 0. The van der Waals surface area contributed by atoms with E-state index in [2.05, 4.69) is 21.4 Å². The predicted molar refractivity (Wildman–Crippen MR) is 77.1 cm³/mol. The van der Waals surface area contributed by atoms with E-state index in [1.165, 1.54) is 0 Å². The molecule has 2 aromatic rings. The number of rotatable bonds is 3. The number of nitrogens with zero attached hydrogens (tertiary/aromatic N) is 5. The summed E-state index contributed by atoms with van der Waals surface area (Å²) in [6.45, 7) is 7.69. The molecule has 0 aromatic carbocycles. The zero-order valence-corrected chi connectivity index (χ0v) is 12.8. The maximum atomic E-state index is 9.49. The van der Waals surface area contributed by atoms with Gasteiger partial charge in [-0.3, -0.25) is 0 Å². The highest BCUT2D eigenvalue weighted by Crippen LogP contribution is 2.25. The molecule has 2 heterocycles. The molecule has 0 aliphatic heterocycles. The van der Waals surface area contributed by atoms with Crippen LogP contribution in [0.5, 0.6) is 0 Å². The van der Waals surface area contributed by atoms with Crippen molar-refractivity contribution in [2.45, 2.75) is 40.5 Å². The first-order valence-electron chi connectivity index (χ1n) is 6.55. The van der Waals surface area contributed by atoms with Crippen LogP contribution in [0.25, 0.3) is 5.82 Å². The van der Waals surface area contributed by atoms with Crippen LogP contribution in [0.1, 0.15) is 42.1 Å². The lowest BCUT2D eigenvalue weighted by Gasteiger charge is -2.11. The summed E-state index contributed by atoms with van der Waals surface area (Å²) in [6.07, 6.45) is 1.49. The second kappa shape index (κ2) is 5.59. The van der Waals surface area contributed by atoms with Crippen LogP contribution >= 0.6 is 11.6 Å². The Bertz CT molecular complexity index is 697. The van der Waals surface area contributed by atoms with E-state index in [0.717, 1.165) is 29.8 Å². The van der Waals surface area contributed by atoms with Crippen LogP contribution in [-0.4, -0.2) is 20.0 Å². The Balaban J connectivity index is 2.75. The summed E-state index contributed by atoms with van der Waals surface area (Å²) in [5.41, 5.74) is 3.81. The lowest BCUT2D eigenvalue weighted by atomic mass is 10.0. The minimum Gasteiger partial charge on any atom is -0.215 e. The molecule has 0 radical (unpaired) electrons. The van der Waals surface area contributed by atoms with Crippen molar-refractivity contribution in [3.63, 3.8) is 0 Å². The molecule has 0 aliphatic rings. The lowest BCUT2D eigenvalue weighted by molar-refractivity contribution is 0.755. The van der Waals surface area contributed by atoms with Crippen molar-refractivity contribution in [2.24, 2.45) is 0 Å². The molecule has 104 valence electrons. The van der Waals surface area contributed by atoms with Crippen LogP contribution in [0.4, 0.5) is 0 Å². The normalized spacial score (nSPS) is 10.6. The van der Waals surface area contributed by atoms with Crippen molar-refractivity contribution in [1.29, 1.82) is 5.26 Å². The largest absolute Gasteiger partial charge is 0.215 e. The van der Waals surface area contributed by atoms with Crippen molar-refractivity contribution < 1.29 is 0 Å². The van der Waals surface area contributed by atoms with E-state index in [4.69, 9.17) is 11.6 Å². The van der Waals surface area contributed by atoms with Gasteiger partial charge in [-0.2, -0.15) is 15.5 Å². The van der Waals surface area contributed by atoms with Gasteiger partial charge in [0.1, 0.15) is 11.6 Å². The molecule has 2 aromatic heterocycles. The van der Waals surface area contributed by atoms with Gasteiger partial charge in [0.05, 0.1) is 22.1 Å². The molecule has 0 unspecified atom stereocenters. The first-order chi connectivity index (χ1) is 9.54. The van der Waals surface area contributed by atoms with E-state index < -0.39 is 0 Å². The highest BCUT2D eigenvalue weighted by atomic mass is 35.5. The summed E-state index contributed by atoms with van der Waals surface area (Å²) >= 11 is 6.16. The summed E-state index contributed by atoms with van der Waals surface area (Å²) in [5, 5.41) is 22.8. The standard InChI is InChI=1S/C14H16ClN5/c1-5-10-11(7-16)14(18-17-12(10)6-2)20-9(4)13(15)8(3)19-20/h5-6H2,1-4H3. The molecule has 0 saturated carbocycles. The van der Waals surface area contributed by atoms with E-state index in [9.17, 15) is 5.26 Å². The topological polar surface area (TPSA) is 67.4 Å². The SMILES string of the molecule is CCc1nnc(-n2nc(C)c(Cl)c2C)c(C#N)c1CC. The van der Waals surface area contributed by atoms with Gasteiger partial charge in [0, 0.05) is 0 Å². The van der Waals surface area contributed by atoms with Gasteiger partial charge in [0.15, 0.2) is 5.82 Å². The van der Waals surface area contributed by atoms with Crippen molar-refractivity contribution in [3.05, 3.63) is 33.2 Å². The van der Waals surface area contributed by atoms with E-state index >= 15 is 0 Å². The molecule has 2 rings (SSSR count). The Morgan fingerprint density at radius 2 is 1.90 bits per heavy atom. The zero-order chi connectivity index (χ0) is 14.9. The maximum absolute atomic E-state index is 9.49. The summed E-state index contributed by atoms with van der Waals surface area (Å²) < 4.78 is 1.60. The number of nitriles is 1. The van der Waals surface area contributed by atoms with E-state index in [1.807, 2.05) is 27.7 Å². The molecular formula is C14H16ClN5. The zero-order valence-electron chi connectivity index (χ0n) is 12.0. The Hall–Kier alpha value is -1.93. The van der Waals surface area contributed by atoms with Gasteiger partial charge in [-0.1, -0.05) is 25.4 Å². The van der Waals surface area contributed by atoms with Gasteiger partial charge in [-0.15, -0.1) is 5.10 Å². The van der Waals surface area contributed by atoms with Crippen molar-refractivity contribution >= 4 is 11.6 Å². The summed E-state index contributed by atoms with van der Waals surface area (Å²) in [5.74, 6) is 0.453. The smallest absolute Gasteiger partial charge is 0.194 e. The van der Waals surface area contributed by atoms with Crippen molar-refractivity contribution in [3.8, 4) is 11.9 Å². The predicted octanol–water partition coefficient (Wildman–Crippen LogP) is 2.93. The Labute approximate surface area is 123 Å². The van der Waals surface area contributed by atoms with Gasteiger partial charge in [0.25, 0.3) is 0 Å².